The maximum absolute atomic E-state index is 6.02. The van der Waals surface area contributed by atoms with Gasteiger partial charge in [-0.2, -0.15) is 0 Å². The average Bonchev–Trinajstić information content (AvgIpc) is 3.04. The van der Waals surface area contributed by atoms with Crippen molar-refractivity contribution in [2.24, 2.45) is 0 Å². The van der Waals surface area contributed by atoms with Crippen LogP contribution in [0.1, 0.15) is 31.2 Å². The van der Waals surface area contributed by atoms with Crippen LogP contribution in [0.15, 0.2) is 18.5 Å². The van der Waals surface area contributed by atoms with E-state index >= 15 is 0 Å². The van der Waals surface area contributed by atoms with Gasteiger partial charge >= 0.3 is 0 Å². The van der Waals surface area contributed by atoms with Gasteiger partial charge in [-0.3, -0.25) is 4.98 Å². The molecule has 0 atom stereocenters. The van der Waals surface area contributed by atoms with E-state index < -0.39 is 0 Å². The molecule has 82 valence electrons. The maximum Gasteiger partial charge on any atom is 0.0621 e. The Morgan fingerprint density at radius 3 is 3.00 bits per heavy atom. The number of pyridine rings is 1. The monoisotopic (exact) mass is 224 g/mol. The zero-order valence-corrected chi connectivity index (χ0v) is 9.63. The Kier molecular flexibility index (Phi) is 3.98. The first-order chi connectivity index (χ1) is 7.36. The summed E-state index contributed by atoms with van der Waals surface area (Å²) in [5.74, 6) is 0. The Morgan fingerprint density at radius 2 is 2.27 bits per heavy atom. The van der Waals surface area contributed by atoms with Crippen molar-refractivity contribution < 1.29 is 0 Å². The number of aryl methyl sites for hydroxylation is 1. The van der Waals surface area contributed by atoms with E-state index in [1.807, 2.05) is 12.3 Å². The van der Waals surface area contributed by atoms with Crippen molar-refractivity contribution >= 4 is 11.6 Å². The van der Waals surface area contributed by atoms with Gasteiger partial charge in [-0.05, 0) is 50.3 Å². The second-order valence-corrected chi connectivity index (χ2v) is 4.56. The number of hydrogen-bond donors (Lipinski definition) is 1. The Labute approximate surface area is 96.1 Å². The molecule has 1 aromatic rings. The van der Waals surface area contributed by atoms with E-state index in [0.717, 1.165) is 24.0 Å². The lowest BCUT2D eigenvalue weighted by Crippen LogP contribution is -2.17. The zero-order valence-electron chi connectivity index (χ0n) is 8.88. The molecule has 0 spiro atoms. The molecule has 1 fully saturated rings. The number of hydrogen-bond acceptors (Lipinski definition) is 2. The number of halogens is 1. The third-order valence-corrected chi connectivity index (χ3v) is 3.08. The highest BCUT2D eigenvalue weighted by molar-refractivity contribution is 6.31. The van der Waals surface area contributed by atoms with Crippen LogP contribution >= 0.6 is 11.6 Å². The van der Waals surface area contributed by atoms with E-state index in [9.17, 15) is 0 Å². The van der Waals surface area contributed by atoms with Crippen molar-refractivity contribution in [3.8, 4) is 0 Å². The van der Waals surface area contributed by atoms with Crippen LogP contribution in [0, 0.1) is 0 Å². The van der Waals surface area contributed by atoms with Crippen molar-refractivity contribution in [2.75, 3.05) is 6.54 Å². The van der Waals surface area contributed by atoms with Crippen LogP contribution in [0.3, 0.4) is 0 Å². The topological polar surface area (TPSA) is 24.9 Å². The summed E-state index contributed by atoms with van der Waals surface area (Å²) in [5, 5.41) is 4.31. The van der Waals surface area contributed by atoms with Crippen LogP contribution in [0.2, 0.25) is 5.02 Å². The standard InChI is InChI=1S/C12H17ClN2/c13-12-9-14-8-6-10(12)3-1-2-7-15-11-4-5-11/h6,8-9,11,15H,1-5,7H2. The second kappa shape index (κ2) is 5.47. The molecule has 2 nitrogen and oxygen atoms in total. The summed E-state index contributed by atoms with van der Waals surface area (Å²) in [6.45, 7) is 1.15. The number of rotatable bonds is 6. The average molecular weight is 225 g/mol. The Hall–Kier alpha value is -0.600. The van der Waals surface area contributed by atoms with Gasteiger partial charge in [-0.1, -0.05) is 11.6 Å². The van der Waals surface area contributed by atoms with Gasteiger partial charge in [0, 0.05) is 18.4 Å². The second-order valence-electron chi connectivity index (χ2n) is 4.15. The molecule has 0 radical (unpaired) electrons. The molecule has 0 amide bonds. The molecule has 0 saturated heterocycles. The number of aromatic nitrogens is 1. The summed E-state index contributed by atoms with van der Waals surface area (Å²) in [6, 6.07) is 2.84. The summed E-state index contributed by atoms with van der Waals surface area (Å²) in [5.41, 5.74) is 1.22. The van der Waals surface area contributed by atoms with Crippen LogP contribution in [-0.2, 0) is 6.42 Å². The van der Waals surface area contributed by atoms with Gasteiger partial charge in [-0.25, -0.2) is 0 Å². The van der Waals surface area contributed by atoms with E-state index in [2.05, 4.69) is 10.3 Å². The minimum Gasteiger partial charge on any atom is -0.314 e. The summed E-state index contributed by atoms with van der Waals surface area (Å²) < 4.78 is 0. The van der Waals surface area contributed by atoms with E-state index in [4.69, 9.17) is 11.6 Å². The fourth-order valence-corrected chi connectivity index (χ4v) is 1.85. The van der Waals surface area contributed by atoms with Crippen LogP contribution in [0.5, 0.6) is 0 Å². The molecule has 1 aromatic heterocycles. The molecule has 3 heteroatoms. The van der Waals surface area contributed by atoms with Crippen LogP contribution in [0.4, 0.5) is 0 Å². The van der Waals surface area contributed by atoms with Gasteiger partial charge in [0.05, 0.1) is 5.02 Å². The quantitative estimate of drug-likeness (QED) is 0.752. The fraction of sp³-hybridized carbons (Fsp3) is 0.583. The predicted molar refractivity (Wildman–Crippen MR) is 63.2 cm³/mol. The third kappa shape index (κ3) is 3.80. The van der Waals surface area contributed by atoms with Crippen molar-refractivity contribution in [3.63, 3.8) is 0 Å². The summed E-state index contributed by atoms with van der Waals surface area (Å²) in [7, 11) is 0. The first kappa shape index (κ1) is 10.9. The van der Waals surface area contributed by atoms with E-state index in [-0.39, 0.29) is 0 Å². The summed E-state index contributed by atoms with van der Waals surface area (Å²) in [4.78, 5) is 3.98. The lowest BCUT2D eigenvalue weighted by molar-refractivity contribution is 0.620. The number of nitrogens with zero attached hydrogens (tertiary/aromatic N) is 1. The highest BCUT2D eigenvalue weighted by Gasteiger charge is 2.19. The molecule has 1 saturated carbocycles. The first-order valence-corrected chi connectivity index (χ1v) is 6.06. The molecular weight excluding hydrogens is 208 g/mol. The Morgan fingerprint density at radius 1 is 1.40 bits per heavy atom. The molecule has 15 heavy (non-hydrogen) atoms. The lowest BCUT2D eigenvalue weighted by atomic mass is 10.1. The largest absolute Gasteiger partial charge is 0.314 e. The molecule has 1 N–H and O–H groups in total. The van der Waals surface area contributed by atoms with E-state index in [1.165, 1.54) is 31.2 Å². The Bertz CT molecular complexity index is 310. The normalized spacial score (nSPS) is 15.5. The van der Waals surface area contributed by atoms with E-state index in [1.54, 1.807) is 6.20 Å². The lowest BCUT2D eigenvalue weighted by Gasteiger charge is -2.04. The molecule has 1 aliphatic carbocycles. The van der Waals surface area contributed by atoms with Gasteiger partial charge in [0.15, 0.2) is 0 Å². The molecule has 0 bridgehead atoms. The van der Waals surface area contributed by atoms with Crippen molar-refractivity contribution in [3.05, 3.63) is 29.0 Å². The SMILES string of the molecule is Clc1cnccc1CCCCNC1CC1. The minimum absolute atomic E-state index is 0.799. The molecule has 0 unspecified atom stereocenters. The van der Waals surface area contributed by atoms with Crippen molar-refractivity contribution in [1.29, 1.82) is 0 Å². The van der Waals surface area contributed by atoms with Crippen LogP contribution < -0.4 is 5.32 Å². The zero-order chi connectivity index (χ0) is 10.5. The van der Waals surface area contributed by atoms with Crippen molar-refractivity contribution in [2.45, 2.75) is 38.1 Å². The fourth-order valence-electron chi connectivity index (χ4n) is 1.64. The van der Waals surface area contributed by atoms with Crippen LogP contribution in [0.25, 0.3) is 0 Å². The van der Waals surface area contributed by atoms with Crippen molar-refractivity contribution in [1.82, 2.24) is 10.3 Å². The minimum atomic E-state index is 0.799. The first-order valence-electron chi connectivity index (χ1n) is 5.68. The Balaban J connectivity index is 1.62. The van der Waals surface area contributed by atoms with Gasteiger partial charge in [0.2, 0.25) is 0 Å². The molecular formula is C12H17ClN2. The van der Waals surface area contributed by atoms with Crippen LogP contribution in [-0.4, -0.2) is 17.6 Å². The smallest absolute Gasteiger partial charge is 0.0621 e. The molecule has 0 aromatic carbocycles. The number of nitrogens with one attached hydrogen (secondary N) is 1. The summed E-state index contributed by atoms with van der Waals surface area (Å²) >= 11 is 6.02. The van der Waals surface area contributed by atoms with E-state index in [0.29, 0.717) is 0 Å². The molecule has 1 aliphatic rings. The van der Waals surface area contributed by atoms with Gasteiger partial charge in [0.25, 0.3) is 0 Å². The molecule has 1 heterocycles. The molecule has 0 aliphatic heterocycles. The van der Waals surface area contributed by atoms with Gasteiger partial charge < -0.3 is 5.32 Å². The maximum atomic E-state index is 6.02. The summed E-state index contributed by atoms with van der Waals surface area (Å²) in [6.07, 6.45) is 9.77. The predicted octanol–water partition coefficient (Wildman–Crippen LogP) is 2.81. The number of unbranched alkanes of at least 4 members (excludes halogenated alkanes) is 1. The highest BCUT2D eigenvalue weighted by atomic mass is 35.5. The third-order valence-electron chi connectivity index (χ3n) is 2.74. The van der Waals surface area contributed by atoms with Gasteiger partial charge in [-0.15, -0.1) is 0 Å². The highest BCUT2D eigenvalue weighted by Crippen LogP contribution is 2.19. The molecule has 2 rings (SSSR count). The van der Waals surface area contributed by atoms with Gasteiger partial charge in [0.1, 0.15) is 0 Å².